The third-order valence-electron chi connectivity index (χ3n) is 4.56. The summed E-state index contributed by atoms with van der Waals surface area (Å²) in [5, 5.41) is 3.10. The minimum absolute atomic E-state index is 0.0657. The van der Waals surface area contributed by atoms with Crippen molar-refractivity contribution in [2.24, 2.45) is 5.92 Å². The van der Waals surface area contributed by atoms with Gasteiger partial charge >= 0.3 is 0 Å². The van der Waals surface area contributed by atoms with Gasteiger partial charge in [0.1, 0.15) is 0 Å². The van der Waals surface area contributed by atoms with Gasteiger partial charge in [-0.05, 0) is 32.6 Å². The summed E-state index contributed by atoms with van der Waals surface area (Å²) >= 11 is 1.64. The zero-order valence-corrected chi connectivity index (χ0v) is 14.1. The van der Waals surface area contributed by atoms with E-state index in [4.69, 9.17) is 0 Å². The molecule has 1 aromatic heterocycles. The first-order valence-corrected chi connectivity index (χ1v) is 8.89. The summed E-state index contributed by atoms with van der Waals surface area (Å²) in [4.78, 5) is 32.6. The lowest BCUT2D eigenvalue weighted by Gasteiger charge is -2.33. The van der Waals surface area contributed by atoms with E-state index in [9.17, 15) is 9.59 Å². The maximum Gasteiger partial charge on any atom is 0.226 e. The van der Waals surface area contributed by atoms with Crippen molar-refractivity contribution in [3.63, 3.8) is 0 Å². The van der Waals surface area contributed by atoms with Crippen molar-refractivity contribution in [3.05, 3.63) is 16.1 Å². The first-order valence-electron chi connectivity index (χ1n) is 8.01. The van der Waals surface area contributed by atoms with Gasteiger partial charge in [-0.15, -0.1) is 11.3 Å². The van der Waals surface area contributed by atoms with Crippen molar-refractivity contribution in [2.75, 3.05) is 13.1 Å². The molecule has 3 rings (SSSR count). The highest BCUT2D eigenvalue weighted by Gasteiger charge is 2.37. The summed E-state index contributed by atoms with van der Waals surface area (Å²) in [6.45, 7) is 5.65. The van der Waals surface area contributed by atoms with Crippen LogP contribution in [0.1, 0.15) is 43.3 Å². The fraction of sp³-hybridized carbons (Fsp3) is 0.688. The monoisotopic (exact) mass is 321 g/mol. The predicted molar refractivity (Wildman–Crippen MR) is 85.4 cm³/mol. The quantitative estimate of drug-likeness (QED) is 0.854. The second-order valence-corrected chi connectivity index (χ2v) is 7.40. The van der Waals surface area contributed by atoms with Crippen molar-refractivity contribution in [3.8, 4) is 0 Å². The highest BCUT2D eigenvalue weighted by atomic mass is 32.1. The van der Waals surface area contributed by atoms with E-state index in [2.05, 4.69) is 10.4 Å². The van der Waals surface area contributed by atoms with Gasteiger partial charge in [-0.25, -0.2) is 4.98 Å². The molecular weight excluding hydrogens is 298 g/mol. The van der Waals surface area contributed by atoms with Gasteiger partial charge < -0.3 is 9.80 Å². The average molecular weight is 321 g/mol. The minimum atomic E-state index is 0.0657. The number of likely N-dealkylation sites (tertiary alicyclic amines) is 1. The zero-order valence-electron chi connectivity index (χ0n) is 13.2. The Morgan fingerprint density at radius 1 is 1.32 bits per heavy atom. The van der Waals surface area contributed by atoms with Crippen LogP contribution in [0.25, 0.3) is 0 Å². The summed E-state index contributed by atoms with van der Waals surface area (Å²) in [5.74, 6) is 0.440. The molecule has 2 fully saturated rings. The van der Waals surface area contributed by atoms with E-state index in [1.165, 1.54) is 0 Å². The topological polar surface area (TPSA) is 53.5 Å². The lowest BCUT2D eigenvalue weighted by molar-refractivity contribution is -0.141. The molecular formula is C16H23N3O2S. The molecule has 0 N–H and O–H groups in total. The maximum absolute atomic E-state index is 12.9. The van der Waals surface area contributed by atoms with Crippen molar-refractivity contribution in [1.29, 1.82) is 0 Å². The lowest BCUT2D eigenvalue weighted by Crippen LogP contribution is -2.44. The molecule has 0 bridgehead atoms. The molecule has 0 spiro atoms. The van der Waals surface area contributed by atoms with E-state index in [0.717, 1.165) is 36.4 Å². The highest BCUT2D eigenvalue weighted by Crippen LogP contribution is 2.32. The molecule has 1 aromatic rings. The van der Waals surface area contributed by atoms with Gasteiger partial charge in [0.05, 0.1) is 17.2 Å². The standard InChI is InChI=1S/C16H23N3O2S/c1-11-17-14(10-22-11)9-19(15-3-4-15)16(21)13-5-7-18(8-6-13)12(2)20/h10,13,15H,3-9H2,1-2H3. The molecule has 0 unspecified atom stereocenters. The van der Waals surface area contributed by atoms with Gasteiger partial charge in [0.15, 0.2) is 0 Å². The maximum atomic E-state index is 12.9. The van der Waals surface area contributed by atoms with E-state index >= 15 is 0 Å². The van der Waals surface area contributed by atoms with Crippen LogP contribution in [0.15, 0.2) is 5.38 Å². The SMILES string of the molecule is CC(=O)N1CCC(C(=O)N(Cc2csc(C)n2)C2CC2)CC1. The second kappa shape index (κ2) is 6.36. The Labute approximate surface area is 135 Å². The number of piperidine rings is 1. The first-order chi connectivity index (χ1) is 10.5. The summed E-state index contributed by atoms with van der Waals surface area (Å²) in [7, 11) is 0. The molecule has 0 aromatic carbocycles. The summed E-state index contributed by atoms with van der Waals surface area (Å²) in [6.07, 6.45) is 3.80. The molecule has 120 valence electrons. The molecule has 22 heavy (non-hydrogen) atoms. The Balaban J connectivity index is 1.62. The largest absolute Gasteiger partial charge is 0.343 e. The molecule has 1 saturated carbocycles. The van der Waals surface area contributed by atoms with E-state index in [1.807, 2.05) is 16.7 Å². The average Bonchev–Trinajstić information content (AvgIpc) is 3.27. The molecule has 1 saturated heterocycles. The van der Waals surface area contributed by atoms with Crippen molar-refractivity contribution in [1.82, 2.24) is 14.8 Å². The van der Waals surface area contributed by atoms with Crippen molar-refractivity contribution >= 4 is 23.2 Å². The third kappa shape index (κ3) is 3.48. The van der Waals surface area contributed by atoms with Gasteiger partial charge in [0, 0.05) is 37.4 Å². The lowest BCUT2D eigenvalue weighted by atomic mass is 9.95. The number of carbonyl (C=O) groups excluding carboxylic acids is 2. The van der Waals surface area contributed by atoms with E-state index in [0.29, 0.717) is 25.7 Å². The number of nitrogens with zero attached hydrogens (tertiary/aromatic N) is 3. The van der Waals surface area contributed by atoms with Crippen LogP contribution in [0.4, 0.5) is 0 Å². The number of amides is 2. The minimum Gasteiger partial charge on any atom is -0.343 e. The molecule has 0 atom stereocenters. The second-order valence-electron chi connectivity index (χ2n) is 6.34. The zero-order chi connectivity index (χ0) is 15.7. The van der Waals surface area contributed by atoms with Crippen molar-refractivity contribution in [2.45, 2.75) is 52.1 Å². The molecule has 2 aliphatic rings. The molecule has 1 aliphatic carbocycles. The molecule has 2 heterocycles. The van der Waals surface area contributed by atoms with Crippen LogP contribution in [0.3, 0.4) is 0 Å². The number of aromatic nitrogens is 1. The van der Waals surface area contributed by atoms with Gasteiger partial charge in [-0.1, -0.05) is 0 Å². The van der Waals surface area contributed by atoms with E-state index in [-0.39, 0.29) is 17.7 Å². The van der Waals surface area contributed by atoms with E-state index < -0.39 is 0 Å². The van der Waals surface area contributed by atoms with Crippen LogP contribution in [0.5, 0.6) is 0 Å². The molecule has 6 heteroatoms. The third-order valence-corrected chi connectivity index (χ3v) is 5.38. The van der Waals surface area contributed by atoms with Crippen LogP contribution in [0, 0.1) is 12.8 Å². The Bertz CT molecular complexity index is 559. The Morgan fingerprint density at radius 3 is 2.50 bits per heavy atom. The summed E-state index contributed by atoms with van der Waals surface area (Å²) in [5.41, 5.74) is 1.00. The number of hydrogen-bond acceptors (Lipinski definition) is 4. The molecule has 2 amide bonds. The van der Waals surface area contributed by atoms with E-state index in [1.54, 1.807) is 18.3 Å². The number of carbonyl (C=O) groups is 2. The molecule has 5 nitrogen and oxygen atoms in total. The van der Waals surface area contributed by atoms with Gasteiger partial charge in [-0.3, -0.25) is 9.59 Å². The molecule has 1 aliphatic heterocycles. The van der Waals surface area contributed by atoms with Gasteiger partial charge in [0.2, 0.25) is 11.8 Å². The van der Waals surface area contributed by atoms with Gasteiger partial charge in [-0.2, -0.15) is 0 Å². The predicted octanol–water partition coefficient (Wildman–Crippen LogP) is 2.20. The Hall–Kier alpha value is -1.43. The summed E-state index contributed by atoms with van der Waals surface area (Å²) < 4.78 is 0. The summed E-state index contributed by atoms with van der Waals surface area (Å²) in [6, 6.07) is 0.403. The van der Waals surface area contributed by atoms with Crippen LogP contribution >= 0.6 is 11.3 Å². The van der Waals surface area contributed by atoms with Crippen LogP contribution in [0.2, 0.25) is 0 Å². The normalized spacial score (nSPS) is 19.3. The van der Waals surface area contributed by atoms with Crippen LogP contribution < -0.4 is 0 Å². The molecule has 0 radical (unpaired) electrons. The Kier molecular flexibility index (Phi) is 4.47. The fourth-order valence-corrected chi connectivity index (χ4v) is 3.71. The van der Waals surface area contributed by atoms with Crippen LogP contribution in [-0.4, -0.2) is 45.7 Å². The first kappa shape index (κ1) is 15.5. The number of thiazole rings is 1. The van der Waals surface area contributed by atoms with Gasteiger partial charge in [0.25, 0.3) is 0 Å². The fourth-order valence-electron chi connectivity index (χ4n) is 3.10. The number of aryl methyl sites for hydroxylation is 1. The highest BCUT2D eigenvalue weighted by molar-refractivity contribution is 7.09. The van der Waals surface area contributed by atoms with Crippen molar-refractivity contribution < 1.29 is 9.59 Å². The van der Waals surface area contributed by atoms with Crippen LogP contribution in [-0.2, 0) is 16.1 Å². The Morgan fingerprint density at radius 2 is 2.00 bits per heavy atom. The number of hydrogen-bond donors (Lipinski definition) is 0. The smallest absolute Gasteiger partial charge is 0.226 e. The number of rotatable bonds is 4.